The van der Waals surface area contributed by atoms with Crippen molar-refractivity contribution < 1.29 is 8.42 Å². The molecular weight excluding hydrogens is 270 g/mol. The number of rotatable bonds is 2. The first-order valence-electron chi connectivity index (χ1n) is 6.76. The summed E-state index contributed by atoms with van der Waals surface area (Å²) in [6.07, 6.45) is 1.80. The Labute approximate surface area is 119 Å². The van der Waals surface area contributed by atoms with Gasteiger partial charge in [0.25, 0.3) is 10.0 Å². The van der Waals surface area contributed by atoms with Gasteiger partial charge in [-0.15, -0.1) is 0 Å². The molecular formula is C16H17NO2S. The second kappa shape index (κ2) is 4.94. The Bertz CT molecular complexity index is 720. The number of hydrogen-bond acceptors (Lipinski definition) is 2. The van der Waals surface area contributed by atoms with Crippen LogP contribution >= 0.6 is 0 Å². The fraction of sp³-hybridized carbons (Fsp3) is 0.250. The van der Waals surface area contributed by atoms with Gasteiger partial charge in [-0.1, -0.05) is 35.9 Å². The Kier molecular flexibility index (Phi) is 3.26. The molecule has 0 bridgehead atoms. The molecule has 4 heteroatoms. The molecule has 20 heavy (non-hydrogen) atoms. The van der Waals surface area contributed by atoms with Crippen LogP contribution in [0.2, 0.25) is 0 Å². The van der Waals surface area contributed by atoms with Crippen molar-refractivity contribution in [2.45, 2.75) is 24.7 Å². The fourth-order valence-electron chi connectivity index (χ4n) is 2.59. The molecule has 1 aliphatic rings. The third kappa shape index (κ3) is 2.20. The molecule has 0 radical (unpaired) electrons. The summed E-state index contributed by atoms with van der Waals surface area (Å²) in [5.41, 5.74) is 2.98. The summed E-state index contributed by atoms with van der Waals surface area (Å²) in [6, 6.07) is 14.8. The topological polar surface area (TPSA) is 37.4 Å². The maximum Gasteiger partial charge on any atom is 0.264 e. The zero-order valence-corrected chi connectivity index (χ0v) is 12.2. The van der Waals surface area contributed by atoms with Crippen LogP contribution in [0.25, 0.3) is 0 Å². The molecule has 2 aromatic carbocycles. The minimum Gasteiger partial charge on any atom is -0.266 e. The molecule has 0 saturated carbocycles. The van der Waals surface area contributed by atoms with Gasteiger partial charge in [-0.3, -0.25) is 4.31 Å². The second-order valence-electron chi connectivity index (χ2n) is 5.12. The van der Waals surface area contributed by atoms with Gasteiger partial charge in [-0.2, -0.15) is 0 Å². The molecule has 0 saturated heterocycles. The van der Waals surface area contributed by atoms with E-state index in [1.165, 1.54) is 4.31 Å². The lowest BCUT2D eigenvalue weighted by molar-refractivity contribution is 0.586. The minimum absolute atomic E-state index is 0.361. The van der Waals surface area contributed by atoms with Crippen LogP contribution in [0, 0.1) is 6.92 Å². The van der Waals surface area contributed by atoms with Crippen molar-refractivity contribution in [2.24, 2.45) is 0 Å². The van der Waals surface area contributed by atoms with E-state index in [1.54, 1.807) is 12.1 Å². The molecule has 2 aromatic rings. The number of para-hydroxylation sites is 1. The van der Waals surface area contributed by atoms with E-state index in [9.17, 15) is 8.42 Å². The first kappa shape index (κ1) is 13.2. The highest BCUT2D eigenvalue weighted by Crippen LogP contribution is 2.31. The summed E-state index contributed by atoms with van der Waals surface area (Å²) in [4.78, 5) is 0.361. The van der Waals surface area contributed by atoms with Gasteiger partial charge >= 0.3 is 0 Å². The van der Waals surface area contributed by atoms with Gasteiger partial charge in [0.2, 0.25) is 0 Å². The molecule has 0 atom stereocenters. The molecule has 104 valence electrons. The van der Waals surface area contributed by atoms with E-state index in [4.69, 9.17) is 0 Å². The molecule has 0 aliphatic carbocycles. The van der Waals surface area contributed by atoms with Crippen LogP contribution in [0.4, 0.5) is 5.69 Å². The lowest BCUT2D eigenvalue weighted by Crippen LogP contribution is -2.35. The monoisotopic (exact) mass is 287 g/mol. The summed E-state index contributed by atoms with van der Waals surface area (Å²) in [6.45, 7) is 2.50. The molecule has 0 aromatic heterocycles. The Hall–Kier alpha value is -1.81. The zero-order valence-electron chi connectivity index (χ0n) is 11.4. The summed E-state index contributed by atoms with van der Waals surface area (Å²) >= 11 is 0. The van der Waals surface area contributed by atoms with Gasteiger partial charge in [-0.05, 0) is 43.5 Å². The lowest BCUT2D eigenvalue weighted by Gasteiger charge is -2.30. The van der Waals surface area contributed by atoms with Crippen LogP contribution in [0.15, 0.2) is 53.4 Å². The van der Waals surface area contributed by atoms with Crippen LogP contribution < -0.4 is 4.31 Å². The van der Waals surface area contributed by atoms with Gasteiger partial charge < -0.3 is 0 Å². The molecule has 1 heterocycles. The number of anilines is 1. The Morgan fingerprint density at radius 1 is 1.00 bits per heavy atom. The average molecular weight is 287 g/mol. The van der Waals surface area contributed by atoms with E-state index >= 15 is 0 Å². The molecule has 0 spiro atoms. The number of fused-ring (bicyclic) bond motifs is 1. The lowest BCUT2D eigenvalue weighted by atomic mass is 10.0. The smallest absolute Gasteiger partial charge is 0.264 e. The third-order valence-corrected chi connectivity index (χ3v) is 5.50. The Balaban J connectivity index is 2.07. The Morgan fingerprint density at radius 3 is 2.45 bits per heavy atom. The van der Waals surface area contributed by atoms with Crippen molar-refractivity contribution in [3.05, 3.63) is 59.7 Å². The molecule has 1 aliphatic heterocycles. The van der Waals surface area contributed by atoms with Crippen molar-refractivity contribution in [2.75, 3.05) is 10.8 Å². The highest BCUT2D eigenvalue weighted by Gasteiger charge is 2.28. The van der Waals surface area contributed by atoms with Gasteiger partial charge in [-0.25, -0.2) is 8.42 Å². The van der Waals surface area contributed by atoms with Gasteiger partial charge in [0, 0.05) is 6.54 Å². The van der Waals surface area contributed by atoms with Crippen LogP contribution in [0.5, 0.6) is 0 Å². The highest BCUT2D eigenvalue weighted by atomic mass is 32.2. The van der Waals surface area contributed by atoms with E-state index < -0.39 is 10.0 Å². The van der Waals surface area contributed by atoms with Crippen molar-refractivity contribution in [1.82, 2.24) is 0 Å². The van der Waals surface area contributed by atoms with Crippen molar-refractivity contribution in [1.29, 1.82) is 0 Å². The number of sulfonamides is 1. The van der Waals surface area contributed by atoms with Crippen LogP contribution in [-0.4, -0.2) is 15.0 Å². The summed E-state index contributed by atoms with van der Waals surface area (Å²) < 4.78 is 27.1. The quantitative estimate of drug-likeness (QED) is 0.851. The number of aryl methyl sites for hydroxylation is 2. The van der Waals surface area contributed by atoms with E-state index in [0.717, 1.165) is 29.7 Å². The number of benzene rings is 2. The van der Waals surface area contributed by atoms with Crippen molar-refractivity contribution in [3.63, 3.8) is 0 Å². The molecule has 3 nitrogen and oxygen atoms in total. The largest absolute Gasteiger partial charge is 0.266 e. The van der Waals surface area contributed by atoms with E-state index in [1.807, 2.05) is 43.3 Å². The molecule has 0 fully saturated rings. The second-order valence-corrected chi connectivity index (χ2v) is 6.98. The maximum absolute atomic E-state index is 12.8. The van der Waals surface area contributed by atoms with Crippen molar-refractivity contribution in [3.8, 4) is 0 Å². The van der Waals surface area contributed by atoms with Crippen molar-refractivity contribution >= 4 is 15.7 Å². The van der Waals surface area contributed by atoms with Gasteiger partial charge in [0.1, 0.15) is 0 Å². The molecule has 3 rings (SSSR count). The minimum atomic E-state index is -3.46. The number of hydrogen-bond donors (Lipinski definition) is 0. The maximum atomic E-state index is 12.8. The predicted molar refractivity (Wildman–Crippen MR) is 80.5 cm³/mol. The van der Waals surface area contributed by atoms with Gasteiger partial charge in [0.05, 0.1) is 10.6 Å². The third-order valence-electron chi connectivity index (χ3n) is 3.68. The first-order chi connectivity index (χ1) is 9.59. The molecule has 0 N–H and O–H groups in total. The predicted octanol–water partition coefficient (Wildman–Crippen LogP) is 3.14. The summed E-state index contributed by atoms with van der Waals surface area (Å²) in [5.74, 6) is 0. The van der Waals surface area contributed by atoms with Crippen LogP contribution in [0.3, 0.4) is 0 Å². The molecule has 0 unspecified atom stereocenters. The standard InChI is InChI=1S/C16H17NO2S/c1-13-8-10-15(11-9-13)20(18,19)17-12-4-6-14-5-2-3-7-16(14)17/h2-3,5,7-11H,4,6,12H2,1H3. The summed E-state index contributed by atoms with van der Waals surface area (Å²) in [5, 5.41) is 0. The van der Waals surface area contributed by atoms with Crippen LogP contribution in [-0.2, 0) is 16.4 Å². The zero-order chi connectivity index (χ0) is 14.2. The summed E-state index contributed by atoms with van der Waals surface area (Å²) in [7, 11) is -3.46. The first-order valence-corrected chi connectivity index (χ1v) is 8.20. The fourth-order valence-corrected chi connectivity index (χ4v) is 4.13. The highest BCUT2D eigenvalue weighted by molar-refractivity contribution is 7.92. The average Bonchev–Trinajstić information content (AvgIpc) is 2.47. The normalized spacial score (nSPS) is 14.9. The number of nitrogens with zero attached hydrogens (tertiary/aromatic N) is 1. The van der Waals surface area contributed by atoms with Crippen LogP contribution in [0.1, 0.15) is 17.5 Å². The van der Waals surface area contributed by atoms with Gasteiger partial charge in [0.15, 0.2) is 0 Å². The van der Waals surface area contributed by atoms with E-state index in [0.29, 0.717) is 11.4 Å². The SMILES string of the molecule is Cc1ccc(S(=O)(=O)N2CCCc3ccccc32)cc1. The Morgan fingerprint density at radius 2 is 1.70 bits per heavy atom. The molecule has 0 amide bonds. The van der Waals surface area contributed by atoms with E-state index in [2.05, 4.69) is 0 Å². The van der Waals surface area contributed by atoms with E-state index in [-0.39, 0.29) is 0 Å².